The smallest absolute Gasteiger partial charge is 0.230 e. The number of phenolic OH excluding ortho intramolecular Hbond substituents is 1. The van der Waals surface area contributed by atoms with Crippen LogP contribution in [0.3, 0.4) is 0 Å². The number of carbonyl (C=O) groups is 1. The third-order valence-corrected chi connectivity index (χ3v) is 8.32. The molecule has 0 aliphatic carbocycles. The minimum Gasteiger partial charge on any atom is -0.507 e. The average molecular weight is 508 g/mol. The summed E-state index contributed by atoms with van der Waals surface area (Å²) >= 11 is 0. The van der Waals surface area contributed by atoms with Gasteiger partial charge in [0.1, 0.15) is 5.75 Å². The summed E-state index contributed by atoms with van der Waals surface area (Å²) in [5.41, 5.74) is 0.226. The van der Waals surface area contributed by atoms with Crippen molar-refractivity contribution in [1.29, 1.82) is 0 Å². The van der Waals surface area contributed by atoms with E-state index < -0.39 is 5.41 Å². The summed E-state index contributed by atoms with van der Waals surface area (Å²) in [4.78, 5) is 13.1. The zero-order valence-corrected chi connectivity index (χ0v) is 22.9. The number of unbranched alkanes of at least 4 members (excludes halogenated alkanes) is 3. The van der Waals surface area contributed by atoms with Crippen LogP contribution in [0.4, 0.5) is 5.69 Å². The molecule has 2 heterocycles. The highest BCUT2D eigenvalue weighted by atomic mass is 16.5. The highest BCUT2D eigenvalue weighted by Gasteiger charge is 2.48. The van der Waals surface area contributed by atoms with Crippen LogP contribution in [-0.4, -0.2) is 36.4 Å². The summed E-state index contributed by atoms with van der Waals surface area (Å²) in [6.07, 6.45) is 15.3. The van der Waals surface area contributed by atoms with Gasteiger partial charge in [-0.2, -0.15) is 0 Å². The molecule has 2 fully saturated rings. The second-order valence-electron chi connectivity index (χ2n) is 11.5. The van der Waals surface area contributed by atoms with Gasteiger partial charge in [-0.25, -0.2) is 0 Å². The summed E-state index contributed by atoms with van der Waals surface area (Å²) < 4.78 is 12.3. The van der Waals surface area contributed by atoms with Crippen LogP contribution < -0.4 is 5.32 Å². The molecule has 2 N–H and O–H groups in total. The third-order valence-electron chi connectivity index (χ3n) is 8.32. The Hall–Kier alpha value is -2.37. The number of nitrogens with one attached hydrogen (secondary N) is 1. The number of benzene rings is 2. The van der Waals surface area contributed by atoms with Crippen molar-refractivity contribution in [2.45, 2.75) is 90.8 Å². The van der Waals surface area contributed by atoms with Crippen LogP contribution in [0, 0.1) is 17.3 Å². The molecule has 0 saturated carbocycles. The number of amides is 1. The van der Waals surface area contributed by atoms with Crippen LogP contribution in [0.5, 0.6) is 5.75 Å². The molecule has 2 bridgehead atoms. The number of ether oxygens (including phenoxy) is 2. The molecule has 0 spiro atoms. The minimum atomic E-state index is -0.507. The Morgan fingerprint density at radius 2 is 1.81 bits per heavy atom. The highest BCUT2D eigenvalue weighted by Crippen LogP contribution is 2.45. The Morgan fingerprint density at radius 3 is 2.59 bits per heavy atom. The summed E-state index contributed by atoms with van der Waals surface area (Å²) in [7, 11) is 0. The second-order valence-corrected chi connectivity index (χ2v) is 11.5. The van der Waals surface area contributed by atoms with Crippen LogP contribution >= 0.6 is 0 Å². The lowest BCUT2D eigenvalue weighted by Crippen LogP contribution is -2.31. The number of hydrogen-bond acceptors (Lipinski definition) is 4. The molecule has 37 heavy (non-hydrogen) atoms. The lowest BCUT2D eigenvalue weighted by molar-refractivity contribution is -0.124. The minimum absolute atomic E-state index is 0.00519. The predicted octanol–water partition coefficient (Wildman–Crippen LogP) is 7.63. The number of fused-ring (bicyclic) bond motifs is 3. The molecule has 2 aromatic rings. The Labute approximate surface area is 222 Å². The van der Waals surface area contributed by atoms with Gasteiger partial charge in [0.15, 0.2) is 0 Å². The summed E-state index contributed by atoms with van der Waals surface area (Å²) in [5, 5.41) is 14.8. The fourth-order valence-electron chi connectivity index (χ4n) is 5.89. The van der Waals surface area contributed by atoms with Gasteiger partial charge in [0, 0.05) is 34.4 Å². The lowest BCUT2D eigenvalue weighted by Gasteiger charge is -2.27. The van der Waals surface area contributed by atoms with E-state index in [1.807, 2.05) is 38.1 Å². The Morgan fingerprint density at radius 1 is 1.05 bits per heavy atom. The molecule has 5 heteroatoms. The van der Waals surface area contributed by atoms with Gasteiger partial charge >= 0.3 is 0 Å². The molecule has 5 nitrogen and oxygen atoms in total. The van der Waals surface area contributed by atoms with Gasteiger partial charge in [-0.15, -0.1) is 0 Å². The number of carbonyl (C=O) groups excluding carboxylic acids is 1. The Kier molecular flexibility index (Phi) is 9.66. The lowest BCUT2D eigenvalue weighted by atomic mass is 9.78. The standard InChI is InChI=1S/C32H45NO4/c1-4-5-6-12-21-36-22-26-25(29-18-19-30(26)37-29)15-8-7-11-20-32(2,3)31(35)33-27-16-17-28(34)24-14-10-9-13-23(24)27/h7-10,13-14,16-17,25-26,29-30,34H,4-6,11-12,15,18-22H2,1-3H3,(H,33,35)/b8-7-/t25-,26+,29-,30+/m0/s1. The van der Waals surface area contributed by atoms with Crippen LogP contribution in [0.15, 0.2) is 48.6 Å². The fourth-order valence-corrected chi connectivity index (χ4v) is 5.89. The van der Waals surface area contributed by atoms with E-state index in [0.29, 0.717) is 24.0 Å². The number of aromatic hydroxyl groups is 1. The molecule has 4 rings (SSSR count). The number of anilines is 1. The van der Waals surface area contributed by atoms with E-state index in [1.165, 1.54) is 32.1 Å². The predicted molar refractivity (Wildman–Crippen MR) is 151 cm³/mol. The van der Waals surface area contributed by atoms with Gasteiger partial charge in [0.05, 0.1) is 18.8 Å². The fraction of sp³-hybridized carbons (Fsp3) is 0.594. The quantitative estimate of drug-likeness (QED) is 0.157. The van der Waals surface area contributed by atoms with Crippen LogP contribution in [-0.2, 0) is 14.3 Å². The Balaban J connectivity index is 1.24. The number of phenols is 1. The van der Waals surface area contributed by atoms with Gasteiger partial charge in [0.2, 0.25) is 5.91 Å². The summed E-state index contributed by atoms with van der Waals surface area (Å²) in [6.45, 7) is 7.92. The maximum absolute atomic E-state index is 13.1. The van der Waals surface area contributed by atoms with Crippen molar-refractivity contribution in [1.82, 2.24) is 0 Å². The van der Waals surface area contributed by atoms with E-state index in [4.69, 9.17) is 9.47 Å². The topological polar surface area (TPSA) is 67.8 Å². The maximum Gasteiger partial charge on any atom is 0.230 e. The van der Waals surface area contributed by atoms with E-state index in [2.05, 4.69) is 24.4 Å². The zero-order chi connectivity index (χ0) is 26.3. The first-order chi connectivity index (χ1) is 17.9. The molecule has 0 aromatic heterocycles. The van der Waals surface area contributed by atoms with Crippen molar-refractivity contribution in [3.05, 3.63) is 48.6 Å². The van der Waals surface area contributed by atoms with Gasteiger partial charge in [0.25, 0.3) is 0 Å². The largest absolute Gasteiger partial charge is 0.507 e. The normalized spacial score (nSPS) is 23.3. The van der Waals surface area contributed by atoms with E-state index in [1.54, 1.807) is 12.1 Å². The monoisotopic (exact) mass is 507 g/mol. The molecular weight excluding hydrogens is 462 g/mol. The Bertz CT molecular complexity index is 1060. The van der Waals surface area contributed by atoms with E-state index in [9.17, 15) is 9.90 Å². The van der Waals surface area contributed by atoms with Crippen molar-refractivity contribution in [2.24, 2.45) is 17.3 Å². The number of allylic oxidation sites excluding steroid dienone is 2. The SMILES string of the molecule is CCCCCCOC[C@@H]1[C@H](C/C=C\CCC(C)(C)C(=O)Nc2ccc(O)c3ccccc23)[C@@H]2CC[C@H]1O2. The van der Waals surface area contributed by atoms with Crippen molar-refractivity contribution < 1.29 is 19.4 Å². The molecule has 0 unspecified atom stereocenters. The maximum atomic E-state index is 13.1. The van der Waals surface area contributed by atoms with Crippen molar-refractivity contribution in [3.8, 4) is 5.75 Å². The second kappa shape index (κ2) is 12.9. The molecule has 2 aliphatic heterocycles. The molecule has 1 amide bonds. The van der Waals surface area contributed by atoms with E-state index >= 15 is 0 Å². The van der Waals surface area contributed by atoms with Gasteiger partial charge < -0.3 is 19.9 Å². The molecule has 2 aromatic carbocycles. The van der Waals surface area contributed by atoms with Gasteiger partial charge in [-0.05, 0) is 56.6 Å². The molecular formula is C32H45NO4. The molecule has 202 valence electrons. The number of rotatable bonds is 14. The van der Waals surface area contributed by atoms with Crippen molar-refractivity contribution in [3.63, 3.8) is 0 Å². The van der Waals surface area contributed by atoms with Gasteiger partial charge in [-0.1, -0.05) is 76.5 Å². The molecule has 2 aliphatic rings. The average Bonchev–Trinajstić information content (AvgIpc) is 3.50. The van der Waals surface area contributed by atoms with Crippen molar-refractivity contribution in [2.75, 3.05) is 18.5 Å². The number of hydrogen-bond donors (Lipinski definition) is 2. The zero-order valence-electron chi connectivity index (χ0n) is 22.9. The van der Waals surface area contributed by atoms with Crippen molar-refractivity contribution >= 4 is 22.4 Å². The highest BCUT2D eigenvalue weighted by molar-refractivity contribution is 6.05. The third kappa shape index (κ3) is 6.94. The molecule has 0 radical (unpaired) electrons. The van der Waals surface area contributed by atoms with Crippen LogP contribution in [0.2, 0.25) is 0 Å². The van der Waals surface area contributed by atoms with E-state index in [-0.39, 0.29) is 11.7 Å². The van der Waals surface area contributed by atoms with Crippen LogP contribution in [0.1, 0.15) is 78.6 Å². The van der Waals surface area contributed by atoms with Gasteiger partial charge in [-0.3, -0.25) is 4.79 Å². The van der Waals surface area contributed by atoms with Crippen LogP contribution in [0.25, 0.3) is 10.8 Å². The summed E-state index contributed by atoms with van der Waals surface area (Å²) in [6, 6.07) is 11.0. The first kappa shape index (κ1) is 27.7. The molecule has 4 atom stereocenters. The summed E-state index contributed by atoms with van der Waals surface area (Å²) in [5.74, 6) is 1.27. The van der Waals surface area contributed by atoms with E-state index in [0.717, 1.165) is 55.4 Å². The molecule has 2 saturated heterocycles. The first-order valence-electron chi connectivity index (χ1n) is 14.3. The first-order valence-corrected chi connectivity index (χ1v) is 14.3.